The second-order valence-electron chi connectivity index (χ2n) is 2.56. The van der Waals surface area contributed by atoms with Gasteiger partial charge in [-0.15, -0.1) is 0 Å². The number of rotatable bonds is 4. The molecule has 0 aromatic carbocycles. The van der Waals surface area contributed by atoms with Crippen LogP contribution in [0, 0.1) is 11.8 Å². The lowest BCUT2D eigenvalue weighted by Crippen LogP contribution is -2.24. The van der Waals surface area contributed by atoms with Gasteiger partial charge in [-0.25, -0.2) is 0 Å². The summed E-state index contributed by atoms with van der Waals surface area (Å²) >= 11 is 0. The molecule has 0 saturated carbocycles. The van der Waals surface area contributed by atoms with E-state index in [2.05, 4.69) is 13.8 Å². The smallest absolute Gasteiger partial charge is 0.0473 e. The topological polar surface area (TPSA) is 46.2 Å². The first kappa shape index (κ1) is 8.92. The Morgan fingerprint density at radius 2 is 2.11 bits per heavy atom. The van der Waals surface area contributed by atoms with Gasteiger partial charge < -0.3 is 10.8 Å². The van der Waals surface area contributed by atoms with Gasteiger partial charge in [0.05, 0.1) is 0 Å². The molecule has 0 rings (SSSR count). The molecule has 0 aromatic rings. The van der Waals surface area contributed by atoms with E-state index in [0.29, 0.717) is 18.4 Å². The summed E-state index contributed by atoms with van der Waals surface area (Å²) in [5.41, 5.74) is 5.40. The third kappa shape index (κ3) is 2.82. The van der Waals surface area contributed by atoms with E-state index in [9.17, 15) is 0 Å². The third-order valence-corrected chi connectivity index (χ3v) is 1.99. The second kappa shape index (κ2) is 4.77. The van der Waals surface area contributed by atoms with Crippen LogP contribution in [0.4, 0.5) is 0 Å². The molecule has 0 aromatic heterocycles. The molecule has 56 valence electrons. The van der Waals surface area contributed by atoms with Crippen molar-refractivity contribution >= 4 is 0 Å². The zero-order valence-electron chi connectivity index (χ0n) is 6.30. The molecule has 0 fully saturated rings. The van der Waals surface area contributed by atoms with Gasteiger partial charge in [0.25, 0.3) is 0 Å². The van der Waals surface area contributed by atoms with Gasteiger partial charge in [0.2, 0.25) is 0 Å². The lowest BCUT2D eigenvalue weighted by molar-refractivity contribution is 0.185. The van der Waals surface area contributed by atoms with Crippen LogP contribution in [0.2, 0.25) is 0 Å². The number of aliphatic hydroxyl groups excluding tert-OH is 1. The van der Waals surface area contributed by atoms with Gasteiger partial charge in [-0.2, -0.15) is 0 Å². The molecule has 0 bridgehead atoms. The van der Waals surface area contributed by atoms with E-state index < -0.39 is 0 Å². The summed E-state index contributed by atoms with van der Waals surface area (Å²) in [6.07, 6.45) is 1.10. The van der Waals surface area contributed by atoms with Crippen molar-refractivity contribution in [3.05, 3.63) is 0 Å². The minimum Gasteiger partial charge on any atom is -0.396 e. The molecule has 0 amide bonds. The molecular formula is C7H17NO. The Kier molecular flexibility index (Phi) is 4.72. The van der Waals surface area contributed by atoms with Crippen molar-refractivity contribution in [2.24, 2.45) is 17.6 Å². The molecule has 0 aliphatic carbocycles. The van der Waals surface area contributed by atoms with Gasteiger partial charge >= 0.3 is 0 Å². The number of hydrogen-bond acceptors (Lipinski definition) is 2. The first-order chi connectivity index (χ1) is 4.26. The highest BCUT2D eigenvalue weighted by atomic mass is 16.3. The van der Waals surface area contributed by atoms with Crippen molar-refractivity contribution in [3.8, 4) is 0 Å². The van der Waals surface area contributed by atoms with Crippen molar-refractivity contribution in [1.29, 1.82) is 0 Å². The first-order valence-electron chi connectivity index (χ1n) is 3.57. The Hall–Kier alpha value is -0.0800. The van der Waals surface area contributed by atoms with Crippen molar-refractivity contribution in [2.75, 3.05) is 13.2 Å². The number of nitrogens with two attached hydrogens (primary N) is 1. The Morgan fingerprint density at radius 1 is 1.56 bits per heavy atom. The van der Waals surface area contributed by atoms with Crippen molar-refractivity contribution in [2.45, 2.75) is 20.3 Å². The number of aliphatic hydroxyl groups is 1. The summed E-state index contributed by atoms with van der Waals surface area (Å²) in [5, 5.41) is 8.75. The molecular weight excluding hydrogens is 114 g/mol. The average molecular weight is 131 g/mol. The zero-order chi connectivity index (χ0) is 7.28. The predicted molar refractivity (Wildman–Crippen MR) is 39.1 cm³/mol. The lowest BCUT2D eigenvalue weighted by Gasteiger charge is -2.17. The maximum absolute atomic E-state index is 8.75. The maximum Gasteiger partial charge on any atom is 0.0473 e. The lowest BCUT2D eigenvalue weighted by atomic mass is 9.93. The van der Waals surface area contributed by atoms with Crippen molar-refractivity contribution in [3.63, 3.8) is 0 Å². The summed E-state index contributed by atoms with van der Waals surface area (Å²) in [6, 6.07) is 0. The Labute approximate surface area is 57.1 Å². The van der Waals surface area contributed by atoms with Gasteiger partial charge in [0.1, 0.15) is 0 Å². The standard InChI is InChI=1S/C7H17NO/c1-3-6(2)7(4-8)5-9/h6-7,9H,3-5,8H2,1-2H3/t6-,7-/m1/s1. The summed E-state index contributed by atoms with van der Waals surface area (Å²) in [6.45, 7) is 5.06. The molecule has 2 atom stereocenters. The molecule has 0 unspecified atom stereocenters. The summed E-state index contributed by atoms with van der Waals surface area (Å²) in [7, 11) is 0. The molecule has 0 spiro atoms. The Morgan fingerprint density at radius 3 is 2.22 bits per heavy atom. The molecule has 0 radical (unpaired) electrons. The third-order valence-electron chi connectivity index (χ3n) is 1.99. The minimum absolute atomic E-state index is 0.228. The highest BCUT2D eigenvalue weighted by molar-refractivity contribution is 4.63. The Bertz CT molecular complexity index is 61.9. The van der Waals surface area contributed by atoms with Gasteiger partial charge in [-0.1, -0.05) is 20.3 Å². The minimum atomic E-state index is 0.228. The van der Waals surface area contributed by atoms with Gasteiger partial charge in [-0.3, -0.25) is 0 Å². The van der Waals surface area contributed by atoms with Gasteiger partial charge in [0, 0.05) is 6.61 Å². The van der Waals surface area contributed by atoms with Gasteiger partial charge in [-0.05, 0) is 18.4 Å². The van der Waals surface area contributed by atoms with Gasteiger partial charge in [0.15, 0.2) is 0 Å². The molecule has 0 aliphatic rings. The molecule has 0 heterocycles. The van der Waals surface area contributed by atoms with Crippen LogP contribution >= 0.6 is 0 Å². The molecule has 2 nitrogen and oxygen atoms in total. The molecule has 2 heteroatoms. The monoisotopic (exact) mass is 131 g/mol. The summed E-state index contributed by atoms with van der Waals surface area (Å²) in [4.78, 5) is 0. The van der Waals surface area contributed by atoms with E-state index in [0.717, 1.165) is 6.42 Å². The van der Waals surface area contributed by atoms with Crippen molar-refractivity contribution in [1.82, 2.24) is 0 Å². The quantitative estimate of drug-likeness (QED) is 0.587. The highest BCUT2D eigenvalue weighted by Gasteiger charge is 2.11. The SMILES string of the molecule is CC[C@@H](C)[C@H](CN)CO. The zero-order valence-corrected chi connectivity index (χ0v) is 6.30. The van der Waals surface area contributed by atoms with E-state index in [1.807, 2.05) is 0 Å². The van der Waals surface area contributed by atoms with E-state index >= 15 is 0 Å². The fraction of sp³-hybridized carbons (Fsp3) is 1.00. The fourth-order valence-electron chi connectivity index (χ4n) is 0.820. The second-order valence-corrected chi connectivity index (χ2v) is 2.56. The van der Waals surface area contributed by atoms with Crippen LogP contribution in [0.15, 0.2) is 0 Å². The Balaban J connectivity index is 3.50. The van der Waals surface area contributed by atoms with Crippen LogP contribution in [-0.2, 0) is 0 Å². The largest absolute Gasteiger partial charge is 0.396 e. The normalized spacial score (nSPS) is 17.3. The van der Waals surface area contributed by atoms with Crippen LogP contribution in [0.5, 0.6) is 0 Å². The maximum atomic E-state index is 8.75. The molecule has 0 aliphatic heterocycles. The summed E-state index contributed by atoms with van der Waals surface area (Å²) < 4.78 is 0. The van der Waals surface area contributed by atoms with Crippen molar-refractivity contribution < 1.29 is 5.11 Å². The predicted octanol–water partition coefficient (Wildman–Crippen LogP) is 0.600. The summed E-state index contributed by atoms with van der Waals surface area (Å²) in [5.74, 6) is 0.856. The molecule has 3 N–H and O–H groups in total. The van der Waals surface area contributed by atoms with Crippen LogP contribution in [0.3, 0.4) is 0 Å². The first-order valence-corrected chi connectivity index (χ1v) is 3.57. The van der Waals surface area contributed by atoms with Crippen LogP contribution in [-0.4, -0.2) is 18.3 Å². The van der Waals surface area contributed by atoms with E-state index in [4.69, 9.17) is 10.8 Å². The highest BCUT2D eigenvalue weighted by Crippen LogP contribution is 2.12. The van der Waals surface area contributed by atoms with E-state index in [1.54, 1.807) is 0 Å². The van der Waals surface area contributed by atoms with Crippen LogP contribution in [0.25, 0.3) is 0 Å². The molecule has 9 heavy (non-hydrogen) atoms. The molecule has 0 saturated heterocycles. The van der Waals surface area contributed by atoms with E-state index in [1.165, 1.54) is 0 Å². The van der Waals surface area contributed by atoms with Crippen LogP contribution < -0.4 is 5.73 Å². The van der Waals surface area contributed by atoms with Crippen LogP contribution in [0.1, 0.15) is 20.3 Å². The van der Waals surface area contributed by atoms with E-state index in [-0.39, 0.29) is 6.61 Å². The number of hydrogen-bond donors (Lipinski definition) is 2. The fourth-order valence-corrected chi connectivity index (χ4v) is 0.820. The average Bonchev–Trinajstić information content (AvgIpc) is 1.90.